The van der Waals surface area contributed by atoms with E-state index in [9.17, 15) is 13.2 Å². The zero-order chi connectivity index (χ0) is 18.0. The summed E-state index contributed by atoms with van der Waals surface area (Å²) in [7, 11) is -1.90. The van der Waals surface area contributed by atoms with Crippen molar-refractivity contribution in [1.29, 1.82) is 0 Å². The van der Waals surface area contributed by atoms with Crippen LogP contribution in [0.2, 0.25) is 0 Å². The van der Waals surface area contributed by atoms with E-state index in [2.05, 4.69) is 16.9 Å². The molecule has 0 amide bonds. The largest absolute Gasteiger partial charge is 0.301 e. The number of hydrogen-bond acceptors (Lipinski definition) is 6. The molecule has 7 nitrogen and oxygen atoms in total. The van der Waals surface area contributed by atoms with E-state index in [0.29, 0.717) is 28.6 Å². The van der Waals surface area contributed by atoms with E-state index < -0.39 is 10.0 Å². The molecule has 0 aromatic carbocycles. The predicted molar refractivity (Wildman–Crippen MR) is 98.3 cm³/mol. The maximum absolute atomic E-state index is 12.9. The third-order valence-electron chi connectivity index (χ3n) is 4.30. The molecule has 2 aromatic heterocycles. The molecular formula is C16H22N4O3S2. The summed E-state index contributed by atoms with van der Waals surface area (Å²) in [6, 6.07) is 4.69. The molecule has 9 heteroatoms. The number of piperazine rings is 1. The Labute approximate surface area is 151 Å². The van der Waals surface area contributed by atoms with Crippen LogP contribution in [0.15, 0.2) is 32.6 Å². The SMILES string of the molecule is CCCN1CCN(S(=O)(=O)c2cc(-c3ccc(=O)n(C)n3)cs2)CC1. The van der Waals surface area contributed by atoms with Crippen LogP contribution in [0.3, 0.4) is 0 Å². The van der Waals surface area contributed by atoms with Crippen molar-refractivity contribution in [3.05, 3.63) is 33.9 Å². The second kappa shape index (κ2) is 7.36. The molecule has 3 heterocycles. The molecule has 0 bridgehead atoms. The molecule has 0 saturated carbocycles. The first kappa shape index (κ1) is 18.2. The zero-order valence-corrected chi connectivity index (χ0v) is 16.0. The second-order valence-electron chi connectivity index (χ2n) is 6.08. The van der Waals surface area contributed by atoms with E-state index in [1.54, 1.807) is 28.9 Å². The summed E-state index contributed by atoms with van der Waals surface area (Å²) < 4.78 is 28.8. The van der Waals surface area contributed by atoms with E-state index in [1.165, 1.54) is 22.1 Å². The minimum atomic E-state index is -3.48. The van der Waals surface area contributed by atoms with Gasteiger partial charge in [0.05, 0.1) is 5.69 Å². The molecule has 1 saturated heterocycles. The van der Waals surface area contributed by atoms with Gasteiger partial charge >= 0.3 is 0 Å². The molecule has 3 rings (SSSR count). The lowest BCUT2D eigenvalue weighted by Gasteiger charge is -2.33. The Morgan fingerprint density at radius 1 is 1.20 bits per heavy atom. The molecule has 0 spiro atoms. The Morgan fingerprint density at radius 2 is 1.92 bits per heavy atom. The Balaban J connectivity index is 1.79. The van der Waals surface area contributed by atoms with E-state index in [0.717, 1.165) is 26.1 Å². The minimum Gasteiger partial charge on any atom is -0.301 e. The molecule has 1 aliphatic rings. The van der Waals surface area contributed by atoms with Crippen LogP contribution < -0.4 is 5.56 Å². The van der Waals surface area contributed by atoms with E-state index >= 15 is 0 Å². The lowest BCUT2D eigenvalue weighted by molar-refractivity contribution is 0.189. The van der Waals surface area contributed by atoms with Gasteiger partial charge in [0.2, 0.25) is 0 Å². The summed E-state index contributed by atoms with van der Waals surface area (Å²) in [4.78, 5) is 13.7. The summed E-state index contributed by atoms with van der Waals surface area (Å²) in [5.74, 6) is 0. The number of rotatable bonds is 5. The number of hydrogen-bond donors (Lipinski definition) is 0. The number of aromatic nitrogens is 2. The van der Waals surface area contributed by atoms with Gasteiger partial charge < -0.3 is 4.90 Å². The average molecular weight is 383 g/mol. The van der Waals surface area contributed by atoms with E-state index in [-0.39, 0.29) is 5.56 Å². The van der Waals surface area contributed by atoms with Crippen LogP contribution in [0.4, 0.5) is 0 Å². The summed E-state index contributed by atoms with van der Waals surface area (Å²) >= 11 is 1.20. The lowest BCUT2D eigenvalue weighted by Crippen LogP contribution is -2.48. The molecule has 0 N–H and O–H groups in total. The fourth-order valence-corrected chi connectivity index (χ4v) is 5.63. The first-order chi connectivity index (χ1) is 11.9. The van der Waals surface area contributed by atoms with Crippen molar-refractivity contribution in [2.45, 2.75) is 17.6 Å². The summed E-state index contributed by atoms with van der Waals surface area (Å²) in [6.45, 7) is 5.72. The van der Waals surface area contributed by atoms with Crippen LogP contribution in [-0.4, -0.2) is 60.1 Å². The first-order valence-corrected chi connectivity index (χ1v) is 10.6. The van der Waals surface area contributed by atoms with Gasteiger partial charge in [-0.1, -0.05) is 6.92 Å². The minimum absolute atomic E-state index is 0.197. The predicted octanol–water partition coefficient (Wildman–Crippen LogP) is 1.23. The van der Waals surface area contributed by atoms with Gasteiger partial charge in [-0.05, 0) is 25.1 Å². The highest BCUT2D eigenvalue weighted by Crippen LogP contribution is 2.29. The Kier molecular flexibility index (Phi) is 5.38. The molecular weight excluding hydrogens is 360 g/mol. The molecule has 136 valence electrons. The van der Waals surface area contributed by atoms with Crippen molar-refractivity contribution in [1.82, 2.24) is 19.0 Å². The number of aryl methyl sites for hydroxylation is 1. The van der Waals surface area contributed by atoms with E-state index in [1.807, 2.05) is 0 Å². The van der Waals surface area contributed by atoms with Gasteiger partial charge in [0.1, 0.15) is 4.21 Å². The molecule has 1 aliphatic heterocycles. The highest BCUT2D eigenvalue weighted by Gasteiger charge is 2.29. The van der Waals surface area contributed by atoms with Crippen LogP contribution in [-0.2, 0) is 17.1 Å². The van der Waals surface area contributed by atoms with Crippen molar-refractivity contribution >= 4 is 21.4 Å². The van der Waals surface area contributed by atoms with Crippen LogP contribution in [0, 0.1) is 0 Å². The molecule has 2 aromatic rings. The van der Waals surface area contributed by atoms with Crippen molar-refractivity contribution in [2.75, 3.05) is 32.7 Å². The molecule has 0 unspecified atom stereocenters. The maximum Gasteiger partial charge on any atom is 0.266 e. The van der Waals surface area contributed by atoms with Gasteiger partial charge in [0.25, 0.3) is 15.6 Å². The smallest absolute Gasteiger partial charge is 0.266 e. The third kappa shape index (κ3) is 3.84. The lowest BCUT2D eigenvalue weighted by atomic mass is 10.2. The van der Waals surface area contributed by atoms with Gasteiger partial charge in [0, 0.05) is 50.2 Å². The third-order valence-corrected chi connectivity index (χ3v) is 7.61. The maximum atomic E-state index is 12.9. The highest BCUT2D eigenvalue weighted by molar-refractivity contribution is 7.91. The normalized spacial score (nSPS) is 17.0. The van der Waals surface area contributed by atoms with Gasteiger partial charge in [-0.15, -0.1) is 11.3 Å². The number of nitrogens with zero attached hydrogens (tertiary/aromatic N) is 4. The first-order valence-electron chi connectivity index (χ1n) is 8.27. The fourth-order valence-electron chi connectivity index (χ4n) is 2.88. The van der Waals surface area contributed by atoms with Crippen LogP contribution in [0.1, 0.15) is 13.3 Å². The van der Waals surface area contributed by atoms with Crippen LogP contribution in [0.25, 0.3) is 11.3 Å². The Hall–Kier alpha value is -1.55. The van der Waals surface area contributed by atoms with Crippen molar-refractivity contribution in [3.8, 4) is 11.3 Å². The van der Waals surface area contributed by atoms with Crippen LogP contribution >= 0.6 is 11.3 Å². The molecule has 0 atom stereocenters. The molecule has 1 fully saturated rings. The fraction of sp³-hybridized carbons (Fsp3) is 0.500. The van der Waals surface area contributed by atoms with Gasteiger partial charge in [-0.3, -0.25) is 4.79 Å². The molecule has 0 radical (unpaired) electrons. The summed E-state index contributed by atoms with van der Waals surface area (Å²) in [5.41, 5.74) is 1.10. The molecule has 25 heavy (non-hydrogen) atoms. The Bertz CT molecular complexity index is 896. The van der Waals surface area contributed by atoms with Gasteiger partial charge in [-0.2, -0.15) is 9.40 Å². The average Bonchev–Trinajstić information content (AvgIpc) is 3.09. The van der Waals surface area contributed by atoms with Crippen molar-refractivity contribution < 1.29 is 8.42 Å². The quantitative estimate of drug-likeness (QED) is 0.777. The second-order valence-corrected chi connectivity index (χ2v) is 9.16. The number of thiophene rings is 1. The Morgan fingerprint density at radius 3 is 2.56 bits per heavy atom. The van der Waals surface area contributed by atoms with Crippen molar-refractivity contribution in [2.24, 2.45) is 7.05 Å². The standard InChI is InChI=1S/C16H22N4O3S2/c1-3-6-19-7-9-20(10-8-19)25(22,23)16-11-13(12-24-16)14-4-5-15(21)18(2)17-14/h4-5,11-12H,3,6-10H2,1-2H3. The van der Waals surface area contributed by atoms with Crippen LogP contribution in [0.5, 0.6) is 0 Å². The summed E-state index contributed by atoms with van der Waals surface area (Å²) in [5, 5.41) is 5.95. The monoisotopic (exact) mass is 382 g/mol. The highest BCUT2D eigenvalue weighted by atomic mass is 32.2. The topological polar surface area (TPSA) is 75.5 Å². The van der Waals surface area contributed by atoms with Gasteiger partial charge in [0.15, 0.2) is 0 Å². The number of sulfonamides is 1. The zero-order valence-electron chi connectivity index (χ0n) is 14.4. The van der Waals surface area contributed by atoms with E-state index in [4.69, 9.17) is 0 Å². The van der Waals surface area contributed by atoms with Gasteiger partial charge in [-0.25, -0.2) is 13.1 Å². The van der Waals surface area contributed by atoms with Crippen molar-refractivity contribution in [3.63, 3.8) is 0 Å². The molecule has 0 aliphatic carbocycles. The summed E-state index contributed by atoms with van der Waals surface area (Å²) in [6.07, 6.45) is 1.08.